The van der Waals surface area contributed by atoms with E-state index in [9.17, 15) is 14.4 Å². The Kier molecular flexibility index (Phi) is 4.84. The second-order valence-corrected chi connectivity index (χ2v) is 5.80. The van der Waals surface area contributed by atoms with Gasteiger partial charge in [-0.3, -0.25) is 14.4 Å². The summed E-state index contributed by atoms with van der Waals surface area (Å²) in [5.41, 5.74) is 0.0637. The summed E-state index contributed by atoms with van der Waals surface area (Å²) >= 11 is 1.81. The number of pyridine rings is 1. The highest BCUT2D eigenvalue weighted by molar-refractivity contribution is 7.99. The summed E-state index contributed by atoms with van der Waals surface area (Å²) in [5, 5.41) is 2.56. The van der Waals surface area contributed by atoms with Crippen molar-refractivity contribution < 1.29 is 9.59 Å². The Morgan fingerprint density at radius 1 is 1.35 bits per heavy atom. The van der Waals surface area contributed by atoms with Gasteiger partial charge >= 0.3 is 0 Å². The van der Waals surface area contributed by atoms with Gasteiger partial charge in [0, 0.05) is 32.0 Å². The average molecular weight is 295 g/mol. The molecule has 2 N–H and O–H groups in total. The van der Waals surface area contributed by atoms with E-state index in [1.165, 1.54) is 19.2 Å². The second kappa shape index (κ2) is 6.60. The van der Waals surface area contributed by atoms with Crippen molar-refractivity contribution in [2.45, 2.75) is 13.3 Å². The van der Waals surface area contributed by atoms with Gasteiger partial charge in [-0.2, -0.15) is 11.8 Å². The van der Waals surface area contributed by atoms with Crippen LogP contribution in [0.5, 0.6) is 0 Å². The lowest BCUT2D eigenvalue weighted by Crippen LogP contribution is -2.36. The maximum atomic E-state index is 12.4. The van der Waals surface area contributed by atoms with E-state index in [1.54, 1.807) is 4.90 Å². The number of H-pyrrole nitrogens is 1. The molecule has 2 heterocycles. The van der Waals surface area contributed by atoms with Gasteiger partial charge in [-0.1, -0.05) is 0 Å². The van der Waals surface area contributed by atoms with Crippen LogP contribution in [0, 0.1) is 0 Å². The summed E-state index contributed by atoms with van der Waals surface area (Å²) in [6.07, 6.45) is 2.32. The van der Waals surface area contributed by atoms with Crippen LogP contribution in [0.15, 0.2) is 17.1 Å². The summed E-state index contributed by atoms with van der Waals surface area (Å²) in [6.45, 7) is 2.68. The van der Waals surface area contributed by atoms with Gasteiger partial charge in [0.1, 0.15) is 5.56 Å². The normalized spacial score (nSPS) is 15.6. The second-order valence-electron chi connectivity index (χ2n) is 4.57. The van der Waals surface area contributed by atoms with Gasteiger partial charge in [0.2, 0.25) is 5.91 Å². The molecule has 1 aromatic rings. The Balaban J connectivity index is 2.23. The van der Waals surface area contributed by atoms with Crippen molar-refractivity contribution in [1.29, 1.82) is 0 Å². The van der Waals surface area contributed by atoms with E-state index >= 15 is 0 Å². The fraction of sp³-hybridized carbons (Fsp3) is 0.462. The molecule has 20 heavy (non-hydrogen) atoms. The van der Waals surface area contributed by atoms with Crippen LogP contribution in [0.25, 0.3) is 0 Å². The topological polar surface area (TPSA) is 82.3 Å². The summed E-state index contributed by atoms with van der Waals surface area (Å²) in [6, 6.07) is 1.43. The zero-order chi connectivity index (χ0) is 14.5. The summed E-state index contributed by atoms with van der Waals surface area (Å²) in [5.74, 6) is 1.39. The van der Waals surface area contributed by atoms with Gasteiger partial charge in [0.25, 0.3) is 11.5 Å². The van der Waals surface area contributed by atoms with Crippen molar-refractivity contribution in [1.82, 2.24) is 9.88 Å². The van der Waals surface area contributed by atoms with Crippen molar-refractivity contribution in [3.05, 3.63) is 28.2 Å². The molecule has 1 saturated heterocycles. The zero-order valence-corrected chi connectivity index (χ0v) is 12.1. The van der Waals surface area contributed by atoms with E-state index in [-0.39, 0.29) is 17.4 Å². The quantitative estimate of drug-likeness (QED) is 0.849. The molecule has 2 rings (SSSR count). The number of aromatic amines is 1. The minimum Gasteiger partial charge on any atom is -0.338 e. The van der Waals surface area contributed by atoms with Gasteiger partial charge in [0.05, 0.1) is 5.69 Å². The molecular formula is C13H17N3O3S. The van der Waals surface area contributed by atoms with Gasteiger partial charge in [-0.25, -0.2) is 0 Å². The molecule has 108 valence electrons. The highest BCUT2D eigenvalue weighted by atomic mass is 32.2. The number of hydrogen-bond acceptors (Lipinski definition) is 4. The maximum absolute atomic E-state index is 12.4. The predicted octanol–water partition coefficient (Wildman–Crippen LogP) is 0.912. The third-order valence-corrected chi connectivity index (χ3v) is 4.01. The molecule has 0 aliphatic carbocycles. The lowest BCUT2D eigenvalue weighted by molar-refractivity contribution is -0.114. The molecule has 0 bridgehead atoms. The van der Waals surface area contributed by atoms with Crippen molar-refractivity contribution >= 4 is 29.3 Å². The largest absolute Gasteiger partial charge is 0.338 e. The van der Waals surface area contributed by atoms with Crippen molar-refractivity contribution in [3.63, 3.8) is 0 Å². The first-order chi connectivity index (χ1) is 9.58. The molecule has 1 fully saturated rings. The Morgan fingerprint density at radius 2 is 2.15 bits per heavy atom. The van der Waals surface area contributed by atoms with E-state index in [2.05, 4.69) is 10.3 Å². The third-order valence-electron chi connectivity index (χ3n) is 2.96. The molecule has 0 unspecified atom stereocenters. The maximum Gasteiger partial charge on any atom is 0.260 e. The fourth-order valence-electron chi connectivity index (χ4n) is 2.04. The van der Waals surface area contributed by atoms with Gasteiger partial charge < -0.3 is 15.2 Å². The van der Waals surface area contributed by atoms with Crippen LogP contribution in [0.3, 0.4) is 0 Å². The Hall–Kier alpha value is -1.76. The minimum atomic E-state index is -0.430. The Labute approximate surface area is 120 Å². The average Bonchev–Trinajstić information content (AvgIpc) is 2.68. The van der Waals surface area contributed by atoms with E-state index < -0.39 is 5.56 Å². The summed E-state index contributed by atoms with van der Waals surface area (Å²) in [7, 11) is 0. The first kappa shape index (κ1) is 14.6. The van der Waals surface area contributed by atoms with E-state index in [0.29, 0.717) is 18.8 Å². The third kappa shape index (κ3) is 3.63. The van der Waals surface area contributed by atoms with Crippen molar-refractivity contribution in [2.24, 2.45) is 0 Å². The molecule has 0 radical (unpaired) electrons. The Bertz CT molecular complexity index is 562. The van der Waals surface area contributed by atoms with E-state index in [4.69, 9.17) is 0 Å². The standard InChI is InChI=1S/C13H17N3O3S/c1-9(17)15-10-7-11(12(18)14-8-10)13(19)16-3-2-5-20-6-4-16/h7-8H,2-6H2,1H3,(H,14,18)(H,15,17). The van der Waals surface area contributed by atoms with Crippen LogP contribution in [0.2, 0.25) is 0 Å². The highest BCUT2D eigenvalue weighted by Gasteiger charge is 2.20. The number of nitrogens with zero attached hydrogens (tertiary/aromatic N) is 1. The van der Waals surface area contributed by atoms with Crippen LogP contribution in [0.1, 0.15) is 23.7 Å². The molecule has 1 aliphatic heterocycles. The van der Waals surface area contributed by atoms with Crippen molar-refractivity contribution in [3.8, 4) is 0 Å². The molecule has 6 nitrogen and oxygen atoms in total. The number of carbonyl (C=O) groups is 2. The fourth-order valence-corrected chi connectivity index (χ4v) is 2.92. The van der Waals surface area contributed by atoms with Crippen LogP contribution in [-0.2, 0) is 4.79 Å². The first-order valence-corrected chi connectivity index (χ1v) is 7.61. The predicted molar refractivity (Wildman–Crippen MR) is 79.2 cm³/mol. The number of aromatic nitrogens is 1. The molecular weight excluding hydrogens is 278 g/mol. The Morgan fingerprint density at radius 3 is 2.90 bits per heavy atom. The molecule has 0 saturated carbocycles. The summed E-state index contributed by atoms with van der Waals surface area (Å²) < 4.78 is 0. The molecule has 1 aromatic heterocycles. The molecule has 2 amide bonds. The number of hydrogen-bond donors (Lipinski definition) is 2. The van der Waals surface area contributed by atoms with Gasteiger partial charge in [0.15, 0.2) is 0 Å². The van der Waals surface area contributed by atoms with Gasteiger partial charge in [-0.05, 0) is 18.2 Å². The lowest BCUT2D eigenvalue weighted by Gasteiger charge is -2.19. The smallest absolute Gasteiger partial charge is 0.260 e. The minimum absolute atomic E-state index is 0.0724. The SMILES string of the molecule is CC(=O)Nc1c[nH]c(=O)c(C(=O)N2CCCSCC2)c1. The molecule has 0 atom stereocenters. The van der Waals surface area contributed by atoms with Crippen LogP contribution in [-0.4, -0.2) is 46.3 Å². The molecule has 7 heteroatoms. The molecule has 0 spiro atoms. The number of carbonyl (C=O) groups excluding carboxylic acids is 2. The summed E-state index contributed by atoms with van der Waals surface area (Å²) in [4.78, 5) is 39.4. The monoisotopic (exact) mass is 295 g/mol. The lowest BCUT2D eigenvalue weighted by atomic mass is 10.2. The van der Waals surface area contributed by atoms with E-state index in [0.717, 1.165) is 17.9 Å². The van der Waals surface area contributed by atoms with Crippen LogP contribution < -0.4 is 10.9 Å². The van der Waals surface area contributed by atoms with E-state index in [1.807, 2.05) is 11.8 Å². The zero-order valence-electron chi connectivity index (χ0n) is 11.3. The number of anilines is 1. The molecule has 0 aromatic carbocycles. The number of amides is 2. The molecule has 1 aliphatic rings. The van der Waals surface area contributed by atoms with Crippen LogP contribution >= 0.6 is 11.8 Å². The van der Waals surface area contributed by atoms with Crippen molar-refractivity contribution in [2.75, 3.05) is 29.9 Å². The number of rotatable bonds is 2. The van der Waals surface area contributed by atoms with Gasteiger partial charge in [-0.15, -0.1) is 0 Å². The first-order valence-electron chi connectivity index (χ1n) is 6.45. The number of thioether (sulfide) groups is 1. The number of nitrogens with one attached hydrogen (secondary N) is 2. The highest BCUT2D eigenvalue weighted by Crippen LogP contribution is 2.13. The van der Waals surface area contributed by atoms with Crippen LogP contribution in [0.4, 0.5) is 5.69 Å².